The molecule has 2 nitrogen and oxygen atoms in total. The van der Waals surface area contributed by atoms with Gasteiger partial charge >= 0.3 is 0 Å². The summed E-state index contributed by atoms with van der Waals surface area (Å²) in [7, 11) is 0. The van der Waals surface area contributed by atoms with Gasteiger partial charge in [-0.3, -0.25) is 4.79 Å². The molecule has 1 saturated carbocycles. The number of rotatable bonds is 5. The van der Waals surface area contributed by atoms with E-state index in [2.05, 4.69) is 17.4 Å². The summed E-state index contributed by atoms with van der Waals surface area (Å²) in [5, 5.41) is 3.79. The molecule has 0 bridgehead atoms. The fourth-order valence-electron chi connectivity index (χ4n) is 3.52. The average molecular weight is 328 g/mol. The van der Waals surface area contributed by atoms with Crippen molar-refractivity contribution in [3.05, 3.63) is 70.7 Å². The second-order valence-corrected chi connectivity index (χ2v) is 6.65. The fraction of sp³-hybridized carbons (Fsp3) is 0.350. The Labute approximate surface area is 142 Å². The normalized spacial score (nSPS) is 16.2. The molecule has 0 spiro atoms. The maximum atomic E-state index is 12.9. The van der Waals surface area contributed by atoms with Gasteiger partial charge in [0.2, 0.25) is 5.91 Å². The van der Waals surface area contributed by atoms with Crippen LogP contribution in [0.25, 0.3) is 0 Å². The lowest BCUT2D eigenvalue weighted by molar-refractivity contribution is -0.123. The standard InChI is InChI=1S/C20H22ClNO/c21-18-13-7-6-12-17(18)14-22-20(23)19(16-10-4-5-11-16)15-8-2-1-3-9-15/h1-3,6-9,12-13,16,19H,4-5,10-11,14H2,(H,22,23)/t19-/m1/s1. The Morgan fingerprint density at radius 3 is 2.39 bits per heavy atom. The zero-order valence-corrected chi connectivity index (χ0v) is 13.9. The quantitative estimate of drug-likeness (QED) is 0.828. The van der Waals surface area contributed by atoms with E-state index in [1.807, 2.05) is 42.5 Å². The Bertz CT molecular complexity index is 650. The molecule has 1 fully saturated rings. The van der Waals surface area contributed by atoms with Crippen LogP contribution < -0.4 is 5.32 Å². The highest BCUT2D eigenvalue weighted by Crippen LogP contribution is 2.37. The molecule has 0 unspecified atom stereocenters. The van der Waals surface area contributed by atoms with Gasteiger partial charge in [0.05, 0.1) is 5.92 Å². The summed E-state index contributed by atoms with van der Waals surface area (Å²) >= 11 is 6.18. The van der Waals surface area contributed by atoms with E-state index < -0.39 is 0 Å². The van der Waals surface area contributed by atoms with Crippen molar-refractivity contribution in [3.63, 3.8) is 0 Å². The highest BCUT2D eigenvalue weighted by Gasteiger charge is 2.31. The van der Waals surface area contributed by atoms with E-state index in [0.29, 0.717) is 17.5 Å². The lowest BCUT2D eigenvalue weighted by Gasteiger charge is -2.23. The topological polar surface area (TPSA) is 29.1 Å². The molecule has 0 heterocycles. The van der Waals surface area contributed by atoms with Gasteiger partial charge < -0.3 is 5.32 Å². The van der Waals surface area contributed by atoms with Gasteiger partial charge in [-0.25, -0.2) is 0 Å². The molecule has 0 aromatic heterocycles. The number of carbonyl (C=O) groups is 1. The average Bonchev–Trinajstić information content (AvgIpc) is 3.09. The van der Waals surface area contributed by atoms with Crippen molar-refractivity contribution < 1.29 is 4.79 Å². The first-order chi connectivity index (χ1) is 11.3. The number of amides is 1. The second kappa shape index (κ2) is 7.65. The van der Waals surface area contributed by atoms with E-state index in [0.717, 1.165) is 24.0 Å². The highest BCUT2D eigenvalue weighted by molar-refractivity contribution is 6.31. The van der Waals surface area contributed by atoms with Crippen molar-refractivity contribution in [3.8, 4) is 0 Å². The summed E-state index contributed by atoms with van der Waals surface area (Å²) in [5.74, 6) is 0.507. The molecule has 0 aliphatic heterocycles. The van der Waals surface area contributed by atoms with Crippen molar-refractivity contribution in [1.82, 2.24) is 5.32 Å². The van der Waals surface area contributed by atoms with Crippen LogP contribution in [0, 0.1) is 5.92 Å². The predicted molar refractivity (Wildman–Crippen MR) is 94.4 cm³/mol. The molecule has 1 amide bonds. The van der Waals surface area contributed by atoms with Crippen LogP contribution in [0.4, 0.5) is 0 Å². The van der Waals surface area contributed by atoms with E-state index in [-0.39, 0.29) is 11.8 Å². The SMILES string of the molecule is O=C(NCc1ccccc1Cl)[C@H](c1ccccc1)C1CCCC1. The third-order valence-electron chi connectivity index (χ3n) is 4.72. The van der Waals surface area contributed by atoms with Gasteiger partial charge in [-0.1, -0.05) is 73.0 Å². The third kappa shape index (κ3) is 3.94. The molecule has 120 valence electrons. The minimum Gasteiger partial charge on any atom is -0.351 e. The summed E-state index contributed by atoms with van der Waals surface area (Å²) in [6.07, 6.45) is 4.73. The van der Waals surface area contributed by atoms with Gasteiger partial charge in [0.25, 0.3) is 0 Å². The van der Waals surface area contributed by atoms with Crippen LogP contribution in [0.3, 0.4) is 0 Å². The Kier molecular flexibility index (Phi) is 5.35. The maximum Gasteiger partial charge on any atom is 0.228 e. The van der Waals surface area contributed by atoms with Gasteiger partial charge in [0.1, 0.15) is 0 Å². The maximum absolute atomic E-state index is 12.9. The van der Waals surface area contributed by atoms with Crippen molar-refractivity contribution >= 4 is 17.5 Å². The predicted octanol–water partition coefficient (Wildman–Crippen LogP) is 4.93. The molecule has 3 rings (SSSR count). The molecule has 1 aliphatic rings. The Morgan fingerprint density at radius 2 is 1.70 bits per heavy atom. The molecule has 0 saturated heterocycles. The van der Waals surface area contributed by atoms with Crippen molar-refractivity contribution in [2.24, 2.45) is 5.92 Å². The zero-order chi connectivity index (χ0) is 16.1. The van der Waals surface area contributed by atoms with Crippen LogP contribution >= 0.6 is 11.6 Å². The number of halogens is 1. The summed E-state index contributed by atoms with van der Waals surface area (Å²) in [6.45, 7) is 0.481. The molecule has 1 atom stereocenters. The van der Waals surface area contributed by atoms with E-state index in [9.17, 15) is 4.79 Å². The van der Waals surface area contributed by atoms with Crippen LogP contribution in [0.2, 0.25) is 5.02 Å². The van der Waals surface area contributed by atoms with Crippen LogP contribution in [-0.4, -0.2) is 5.91 Å². The van der Waals surface area contributed by atoms with Gasteiger partial charge in [-0.15, -0.1) is 0 Å². The van der Waals surface area contributed by atoms with E-state index >= 15 is 0 Å². The summed E-state index contributed by atoms with van der Waals surface area (Å²) in [4.78, 5) is 12.9. The molecule has 23 heavy (non-hydrogen) atoms. The lowest BCUT2D eigenvalue weighted by Crippen LogP contribution is -2.32. The summed E-state index contributed by atoms with van der Waals surface area (Å²) in [6, 6.07) is 17.8. The van der Waals surface area contributed by atoms with Crippen molar-refractivity contribution in [2.75, 3.05) is 0 Å². The molecule has 1 N–H and O–H groups in total. The highest BCUT2D eigenvalue weighted by atomic mass is 35.5. The minimum atomic E-state index is -0.0545. The van der Waals surface area contributed by atoms with Gasteiger partial charge in [-0.05, 0) is 36.0 Å². The Morgan fingerprint density at radius 1 is 1.04 bits per heavy atom. The first kappa shape index (κ1) is 16.1. The van der Waals surface area contributed by atoms with Crippen LogP contribution in [0.15, 0.2) is 54.6 Å². The Balaban J connectivity index is 1.74. The molecule has 2 aromatic rings. The molecule has 0 radical (unpaired) electrons. The first-order valence-electron chi connectivity index (χ1n) is 8.32. The molecule has 3 heteroatoms. The van der Waals surface area contributed by atoms with Crippen LogP contribution in [0.1, 0.15) is 42.7 Å². The lowest BCUT2D eigenvalue weighted by atomic mass is 9.84. The second-order valence-electron chi connectivity index (χ2n) is 6.24. The zero-order valence-electron chi connectivity index (χ0n) is 13.2. The molecular weight excluding hydrogens is 306 g/mol. The molecule has 1 aliphatic carbocycles. The van der Waals surface area contributed by atoms with E-state index in [1.54, 1.807) is 0 Å². The monoisotopic (exact) mass is 327 g/mol. The number of carbonyl (C=O) groups excluding carboxylic acids is 1. The molecule has 2 aromatic carbocycles. The largest absolute Gasteiger partial charge is 0.351 e. The smallest absolute Gasteiger partial charge is 0.228 e. The Hall–Kier alpha value is -1.80. The number of hydrogen-bond acceptors (Lipinski definition) is 1. The summed E-state index contributed by atoms with van der Waals surface area (Å²) in [5.41, 5.74) is 2.08. The van der Waals surface area contributed by atoms with Gasteiger partial charge in [0.15, 0.2) is 0 Å². The summed E-state index contributed by atoms with van der Waals surface area (Å²) < 4.78 is 0. The number of benzene rings is 2. The van der Waals surface area contributed by atoms with Gasteiger partial charge in [0, 0.05) is 11.6 Å². The number of nitrogens with one attached hydrogen (secondary N) is 1. The fourth-order valence-corrected chi connectivity index (χ4v) is 3.73. The van der Waals surface area contributed by atoms with Crippen LogP contribution in [0.5, 0.6) is 0 Å². The van der Waals surface area contributed by atoms with Crippen LogP contribution in [-0.2, 0) is 11.3 Å². The van der Waals surface area contributed by atoms with Crippen molar-refractivity contribution in [1.29, 1.82) is 0 Å². The first-order valence-corrected chi connectivity index (χ1v) is 8.69. The number of hydrogen-bond donors (Lipinski definition) is 1. The van der Waals surface area contributed by atoms with Crippen molar-refractivity contribution in [2.45, 2.75) is 38.1 Å². The van der Waals surface area contributed by atoms with E-state index in [1.165, 1.54) is 12.8 Å². The van der Waals surface area contributed by atoms with E-state index in [4.69, 9.17) is 11.6 Å². The third-order valence-corrected chi connectivity index (χ3v) is 5.09. The molecular formula is C20H22ClNO. The minimum absolute atomic E-state index is 0.0545. The van der Waals surface area contributed by atoms with Gasteiger partial charge in [-0.2, -0.15) is 0 Å².